The molecule has 3 heteroatoms. The van der Waals surface area contributed by atoms with Crippen molar-refractivity contribution >= 4 is 22.5 Å². The number of pyridine rings is 1. The van der Waals surface area contributed by atoms with Gasteiger partial charge in [0, 0.05) is 17.5 Å². The van der Waals surface area contributed by atoms with Crippen molar-refractivity contribution in [2.75, 3.05) is 0 Å². The molecule has 0 bridgehead atoms. The van der Waals surface area contributed by atoms with E-state index in [9.17, 15) is 0 Å². The highest BCUT2D eigenvalue weighted by molar-refractivity contribution is 6.30. The van der Waals surface area contributed by atoms with E-state index < -0.39 is 0 Å². The Labute approximate surface area is 94.1 Å². The van der Waals surface area contributed by atoms with Gasteiger partial charge in [0.05, 0.1) is 5.52 Å². The van der Waals surface area contributed by atoms with Crippen LogP contribution in [0.4, 0.5) is 0 Å². The van der Waals surface area contributed by atoms with Crippen LogP contribution < -0.4 is 5.73 Å². The van der Waals surface area contributed by atoms with E-state index in [1.165, 1.54) is 5.56 Å². The predicted molar refractivity (Wildman–Crippen MR) is 64.0 cm³/mol. The highest BCUT2D eigenvalue weighted by Crippen LogP contribution is 2.23. The SMILES string of the molecule is CCc1cccc2cc(CN)c(Cl)nc12. The molecule has 0 spiro atoms. The maximum atomic E-state index is 6.04. The van der Waals surface area contributed by atoms with Crippen molar-refractivity contribution in [3.63, 3.8) is 0 Å². The molecule has 0 amide bonds. The highest BCUT2D eigenvalue weighted by Gasteiger charge is 2.05. The maximum Gasteiger partial charge on any atom is 0.134 e. The van der Waals surface area contributed by atoms with Crippen LogP contribution >= 0.6 is 11.6 Å². The first kappa shape index (κ1) is 10.4. The third-order valence-corrected chi connectivity index (χ3v) is 2.88. The first-order chi connectivity index (χ1) is 7.26. The van der Waals surface area contributed by atoms with Gasteiger partial charge in [-0.3, -0.25) is 0 Å². The summed E-state index contributed by atoms with van der Waals surface area (Å²) in [6, 6.07) is 8.17. The minimum absolute atomic E-state index is 0.429. The van der Waals surface area contributed by atoms with Gasteiger partial charge in [-0.1, -0.05) is 36.7 Å². The molecule has 1 aromatic heterocycles. The van der Waals surface area contributed by atoms with E-state index in [0.29, 0.717) is 11.7 Å². The van der Waals surface area contributed by atoms with Crippen LogP contribution in [0.15, 0.2) is 24.3 Å². The minimum Gasteiger partial charge on any atom is -0.326 e. The molecule has 1 heterocycles. The lowest BCUT2D eigenvalue weighted by atomic mass is 10.1. The molecule has 0 saturated carbocycles. The number of nitrogens with two attached hydrogens (primary N) is 1. The van der Waals surface area contributed by atoms with E-state index >= 15 is 0 Å². The standard InChI is InChI=1S/C12H13ClN2/c1-2-8-4-3-5-9-6-10(7-14)12(13)15-11(8)9/h3-6H,2,7,14H2,1H3. The van der Waals surface area contributed by atoms with Crippen LogP contribution in [-0.2, 0) is 13.0 Å². The molecule has 0 radical (unpaired) electrons. The molecule has 78 valence electrons. The van der Waals surface area contributed by atoms with Crippen molar-refractivity contribution in [1.82, 2.24) is 4.98 Å². The molecule has 2 nitrogen and oxygen atoms in total. The third-order valence-electron chi connectivity index (χ3n) is 2.56. The summed E-state index contributed by atoms with van der Waals surface area (Å²) in [5, 5.41) is 1.63. The second-order valence-corrected chi connectivity index (χ2v) is 3.84. The van der Waals surface area contributed by atoms with E-state index in [0.717, 1.165) is 22.9 Å². The highest BCUT2D eigenvalue weighted by atomic mass is 35.5. The van der Waals surface area contributed by atoms with Crippen LogP contribution in [0.3, 0.4) is 0 Å². The molecular weight excluding hydrogens is 208 g/mol. The van der Waals surface area contributed by atoms with Gasteiger partial charge in [0.1, 0.15) is 5.15 Å². The molecule has 0 aliphatic rings. The lowest BCUT2D eigenvalue weighted by Crippen LogP contribution is -1.99. The van der Waals surface area contributed by atoms with E-state index in [1.54, 1.807) is 0 Å². The molecule has 2 N–H and O–H groups in total. The number of rotatable bonds is 2. The molecule has 0 aliphatic carbocycles. The Balaban J connectivity index is 2.74. The zero-order valence-corrected chi connectivity index (χ0v) is 9.38. The Hall–Kier alpha value is -1.12. The van der Waals surface area contributed by atoms with E-state index in [4.69, 9.17) is 17.3 Å². The molecule has 0 atom stereocenters. The Morgan fingerprint density at radius 1 is 1.33 bits per heavy atom. The minimum atomic E-state index is 0.429. The first-order valence-corrected chi connectivity index (χ1v) is 5.41. The Morgan fingerprint density at radius 2 is 2.13 bits per heavy atom. The molecule has 0 fully saturated rings. The monoisotopic (exact) mass is 220 g/mol. The fourth-order valence-electron chi connectivity index (χ4n) is 1.71. The van der Waals surface area contributed by atoms with E-state index in [1.807, 2.05) is 18.2 Å². The molecule has 0 aliphatic heterocycles. The van der Waals surface area contributed by atoms with Crippen molar-refractivity contribution in [2.45, 2.75) is 19.9 Å². The van der Waals surface area contributed by atoms with Crippen LogP contribution in [0.2, 0.25) is 5.15 Å². The van der Waals surface area contributed by atoms with Gasteiger partial charge in [0.25, 0.3) is 0 Å². The number of nitrogens with zero attached hydrogens (tertiary/aromatic N) is 1. The Morgan fingerprint density at radius 3 is 2.80 bits per heavy atom. The van der Waals surface area contributed by atoms with Crippen molar-refractivity contribution < 1.29 is 0 Å². The van der Waals surface area contributed by atoms with Crippen molar-refractivity contribution in [1.29, 1.82) is 0 Å². The van der Waals surface area contributed by atoms with Crippen molar-refractivity contribution in [2.24, 2.45) is 5.73 Å². The zero-order chi connectivity index (χ0) is 10.8. The lowest BCUT2D eigenvalue weighted by Gasteiger charge is -2.06. The maximum absolute atomic E-state index is 6.04. The first-order valence-electron chi connectivity index (χ1n) is 5.03. The van der Waals surface area contributed by atoms with Gasteiger partial charge in [-0.05, 0) is 18.1 Å². The van der Waals surface area contributed by atoms with Gasteiger partial charge in [0.2, 0.25) is 0 Å². The summed E-state index contributed by atoms with van der Waals surface area (Å²) in [4.78, 5) is 4.40. The lowest BCUT2D eigenvalue weighted by molar-refractivity contribution is 1.05. The third kappa shape index (κ3) is 1.83. The number of halogens is 1. The summed E-state index contributed by atoms with van der Waals surface area (Å²) < 4.78 is 0. The van der Waals surface area contributed by atoms with E-state index in [-0.39, 0.29) is 0 Å². The average molecular weight is 221 g/mol. The molecule has 15 heavy (non-hydrogen) atoms. The summed E-state index contributed by atoms with van der Waals surface area (Å²) in [6.07, 6.45) is 0.961. The molecule has 2 rings (SSSR count). The average Bonchev–Trinajstić information content (AvgIpc) is 2.27. The summed E-state index contributed by atoms with van der Waals surface area (Å²) in [5.74, 6) is 0. The molecule has 0 saturated heterocycles. The molecular formula is C12H13ClN2. The Bertz CT molecular complexity index is 494. The number of hydrogen-bond donors (Lipinski definition) is 1. The normalized spacial score (nSPS) is 10.9. The second-order valence-electron chi connectivity index (χ2n) is 3.48. The number of fused-ring (bicyclic) bond motifs is 1. The number of aryl methyl sites for hydroxylation is 1. The van der Waals surface area contributed by atoms with Crippen LogP contribution in [0, 0.1) is 0 Å². The van der Waals surface area contributed by atoms with Crippen LogP contribution in [-0.4, -0.2) is 4.98 Å². The number of benzene rings is 1. The topological polar surface area (TPSA) is 38.9 Å². The second kappa shape index (κ2) is 4.17. The molecule has 0 unspecified atom stereocenters. The van der Waals surface area contributed by atoms with Crippen molar-refractivity contribution in [3.05, 3.63) is 40.5 Å². The summed E-state index contributed by atoms with van der Waals surface area (Å²) in [5.41, 5.74) is 8.70. The zero-order valence-electron chi connectivity index (χ0n) is 8.63. The van der Waals surface area contributed by atoms with E-state index in [2.05, 4.69) is 18.0 Å². The summed E-state index contributed by atoms with van der Waals surface area (Å²) in [7, 11) is 0. The predicted octanol–water partition coefficient (Wildman–Crippen LogP) is 2.91. The Kier molecular flexibility index (Phi) is 2.89. The fraction of sp³-hybridized carbons (Fsp3) is 0.250. The quantitative estimate of drug-likeness (QED) is 0.791. The van der Waals surface area contributed by atoms with Gasteiger partial charge < -0.3 is 5.73 Å². The van der Waals surface area contributed by atoms with Gasteiger partial charge >= 0.3 is 0 Å². The molecule has 2 aromatic rings. The van der Waals surface area contributed by atoms with Gasteiger partial charge in [-0.15, -0.1) is 0 Å². The summed E-state index contributed by atoms with van der Waals surface area (Å²) in [6.45, 7) is 2.54. The van der Waals surface area contributed by atoms with Crippen molar-refractivity contribution in [3.8, 4) is 0 Å². The fourth-order valence-corrected chi connectivity index (χ4v) is 1.93. The smallest absolute Gasteiger partial charge is 0.134 e. The van der Waals surface area contributed by atoms with Crippen LogP contribution in [0.1, 0.15) is 18.1 Å². The number of aromatic nitrogens is 1. The molecule has 1 aromatic carbocycles. The number of para-hydroxylation sites is 1. The van der Waals surface area contributed by atoms with Gasteiger partial charge in [-0.25, -0.2) is 4.98 Å². The van der Waals surface area contributed by atoms with Crippen LogP contribution in [0.5, 0.6) is 0 Å². The van der Waals surface area contributed by atoms with Crippen LogP contribution in [0.25, 0.3) is 10.9 Å². The largest absolute Gasteiger partial charge is 0.326 e. The van der Waals surface area contributed by atoms with Gasteiger partial charge in [0.15, 0.2) is 0 Å². The van der Waals surface area contributed by atoms with Gasteiger partial charge in [-0.2, -0.15) is 0 Å². The summed E-state index contributed by atoms with van der Waals surface area (Å²) >= 11 is 6.04. The number of hydrogen-bond acceptors (Lipinski definition) is 2.